The molecule has 116 valence electrons. The maximum absolute atomic E-state index is 11.6. The van der Waals surface area contributed by atoms with Gasteiger partial charge in [0, 0.05) is 0 Å². The monoisotopic (exact) mass is 318 g/mol. The second kappa shape index (κ2) is 6.31. The van der Waals surface area contributed by atoms with E-state index in [1.807, 2.05) is 4.72 Å². The quantitative estimate of drug-likeness (QED) is 0.590. The van der Waals surface area contributed by atoms with E-state index < -0.39 is 39.7 Å². The number of nitrogens with one attached hydrogen (secondary N) is 2. The van der Waals surface area contributed by atoms with Crippen molar-refractivity contribution in [3.63, 3.8) is 0 Å². The number of para-hydroxylation sites is 1. The fraction of sp³-hybridized carbons (Fsp3) is 0.273. The highest BCUT2D eigenvalue weighted by molar-refractivity contribution is 7.91. The lowest BCUT2D eigenvalue weighted by Crippen LogP contribution is -2.36. The molecule has 1 aromatic carbocycles. The third kappa shape index (κ3) is 4.84. The van der Waals surface area contributed by atoms with Crippen molar-refractivity contribution in [1.82, 2.24) is 4.72 Å². The number of hydrogen-bond donors (Lipinski definition) is 4. The molecule has 1 rings (SSSR count). The fourth-order valence-electron chi connectivity index (χ4n) is 1.32. The van der Waals surface area contributed by atoms with Crippen molar-refractivity contribution in [3.05, 3.63) is 23.8 Å². The minimum atomic E-state index is -4.37. The van der Waals surface area contributed by atoms with Crippen LogP contribution in [0.5, 0.6) is 5.75 Å². The van der Waals surface area contributed by atoms with Crippen LogP contribution in [0.25, 0.3) is 0 Å². The van der Waals surface area contributed by atoms with Crippen LogP contribution in [0, 0.1) is 0 Å². The number of phenols is 1. The zero-order valence-electron chi connectivity index (χ0n) is 11.2. The molecule has 1 aromatic rings. The number of carboxylic acid groups (broad SMARTS) is 1. The number of carboxylic acids is 1. The standard InChI is InChI=1S/C11H14N2O7S/c1-6(2)20-11(17)13-21(18,19)12-8-5-3-4-7(9(8)14)10(15)16/h3-6,12,14H,1-2H3,(H,13,17)(H,15,16). The van der Waals surface area contributed by atoms with Crippen molar-refractivity contribution >= 4 is 28.0 Å². The first-order valence-corrected chi connectivity index (χ1v) is 7.17. The molecule has 0 heterocycles. The molecular weight excluding hydrogens is 304 g/mol. The summed E-state index contributed by atoms with van der Waals surface area (Å²) < 4.78 is 31.3. The van der Waals surface area contributed by atoms with Crippen LogP contribution in [0.2, 0.25) is 0 Å². The van der Waals surface area contributed by atoms with Gasteiger partial charge in [-0.15, -0.1) is 0 Å². The molecule has 0 saturated carbocycles. The Labute approximate surface area is 120 Å². The molecule has 0 spiro atoms. The summed E-state index contributed by atoms with van der Waals surface area (Å²) in [6.07, 6.45) is -1.73. The van der Waals surface area contributed by atoms with Gasteiger partial charge in [0.1, 0.15) is 5.56 Å². The van der Waals surface area contributed by atoms with Gasteiger partial charge in [-0.2, -0.15) is 8.42 Å². The number of carbonyl (C=O) groups excluding carboxylic acids is 1. The normalized spacial score (nSPS) is 11.0. The van der Waals surface area contributed by atoms with Crippen LogP contribution in [-0.4, -0.2) is 36.8 Å². The Morgan fingerprint density at radius 3 is 2.43 bits per heavy atom. The van der Waals surface area contributed by atoms with Gasteiger partial charge in [0.15, 0.2) is 5.75 Å². The van der Waals surface area contributed by atoms with Gasteiger partial charge in [0.2, 0.25) is 0 Å². The molecule has 1 amide bonds. The minimum absolute atomic E-state index is 0.389. The van der Waals surface area contributed by atoms with Gasteiger partial charge in [-0.05, 0) is 26.0 Å². The number of hydrogen-bond acceptors (Lipinski definition) is 6. The molecule has 0 bridgehead atoms. The van der Waals surface area contributed by atoms with Crippen LogP contribution in [0.4, 0.5) is 10.5 Å². The van der Waals surface area contributed by atoms with Gasteiger partial charge < -0.3 is 14.9 Å². The number of carbonyl (C=O) groups is 2. The minimum Gasteiger partial charge on any atom is -0.505 e. The Morgan fingerprint density at radius 2 is 1.90 bits per heavy atom. The Morgan fingerprint density at radius 1 is 1.29 bits per heavy atom. The zero-order valence-corrected chi connectivity index (χ0v) is 12.0. The van der Waals surface area contributed by atoms with Gasteiger partial charge in [-0.25, -0.2) is 14.3 Å². The third-order valence-corrected chi connectivity index (χ3v) is 3.00. The smallest absolute Gasteiger partial charge is 0.422 e. The number of anilines is 1. The predicted molar refractivity (Wildman–Crippen MR) is 72.4 cm³/mol. The van der Waals surface area contributed by atoms with Crippen LogP contribution in [0.3, 0.4) is 0 Å². The van der Waals surface area contributed by atoms with Crippen LogP contribution < -0.4 is 9.44 Å². The molecule has 0 atom stereocenters. The predicted octanol–water partition coefficient (Wildman–Crippen LogP) is 0.882. The summed E-state index contributed by atoms with van der Waals surface area (Å²) in [7, 11) is -4.37. The lowest BCUT2D eigenvalue weighted by atomic mass is 10.2. The largest absolute Gasteiger partial charge is 0.505 e. The molecule has 0 radical (unpaired) electrons. The Balaban J connectivity index is 2.92. The van der Waals surface area contributed by atoms with Gasteiger partial charge >= 0.3 is 22.3 Å². The molecule has 0 aliphatic carbocycles. The van der Waals surface area contributed by atoms with Crippen molar-refractivity contribution in [3.8, 4) is 5.75 Å². The average Bonchev–Trinajstić information content (AvgIpc) is 2.28. The molecule has 0 aromatic heterocycles. The van der Waals surface area contributed by atoms with E-state index in [2.05, 4.69) is 4.74 Å². The van der Waals surface area contributed by atoms with Crippen molar-refractivity contribution in [2.75, 3.05) is 4.72 Å². The Hall–Kier alpha value is -2.49. The topological polar surface area (TPSA) is 142 Å². The van der Waals surface area contributed by atoms with E-state index in [1.54, 1.807) is 4.72 Å². The highest BCUT2D eigenvalue weighted by Gasteiger charge is 2.20. The highest BCUT2D eigenvalue weighted by atomic mass is 32.2. The molecule has 4 N–H and O–H groups in total. The van der Waals surface area contributed by atoms with Crippen LogP contribution in [0.1, 0.15) is 24.2 Å². The van der Waals surface area contributed by atoms with Crippen LogP contribution >= 0.6 is 0 Å². The molecule has 0 unspecified atom stereocenters. The molecule has 0 aliphatic heterocycles. The van der Waals surface area contributed by atoms with E-state index in [1.165, 1.54) is 19.9 Å². The summed E-state index contributed by atoms with van der Waals surface area (Å²) in [6, 6.07) is 3.46. The molecule has 21 heavy (non-hydrogen) atoms. The number of amides is 1. The molecule has 0 fully saturated rings. The lowest BCUT2D eigenvalue weighted by Gasteiger charge is -2.13. The summed E-state index contributed by atoms with van der Waals surface area (Å²) in [4.78, 5) is 22.0. The van der Waals surface area contributed by atoms with E-state index in [9.17, 15) is 23.1 Å². The third-order valence-electron chi connectivity index (χ3n) is 2.07. The van der Waals surface area contributed by atoms with Gasteiger partial charge in [0.25, 0.3) is 0 Å². The van der Waals surface area contributed by atoms with E-state index in [4.69, 9.17) is 5.11 Å². The molecule has 9 nitrogen and oxygen atoms in total. The second-order valence-corrected chi connectivity index (χ2v) is 5.58. The molecule has 0 aliphatic rings. The van der Waals surface area contributed by atoms with Gasteiger partial charge in [0.05, 0.1) is 11.8 Å². The van der Waals surface area contributed by atoms with Crippen molar-refractivity contribution < 1.29 is 33.0 Å². The van der Waals surface area contributed by atoms with E-state index in [0.29, 0.717) is 0 Å². The Kier molecular flexibility index (Phi) is 4.97. The van der Waals surface area contributed by atoms with Gasteiger partial charge in [-0.3, -0.25) is 4.72 Å². The average molecular weight is 318 g/mol. The SMILES string of the molecule is CC(C)OC(=O)NS(=O)(=O)Nc1cccc(C(=O)O)c1O. The van der Waals surface area contributed by atoms with Crippen LogP contribution in [-0.2, 0) is 14.9 Å². The summed E-state index contributed by atoms with van der Waals surface area (Å²) in [5.74, 6) is -2.20. The summed E-state index contributed by atoms with van der Waals surface area (Å²) in [5, 5.41) is 18.5. The summed E-state index contributed by atoms with van der Waals surface area (Å²) in [5.41, 5.74) is -0.875. The van der Waals surface area contributed by atoms with Gasteiger partial charge in [-0.1, -0.05) is 6.07 Å². The number of benzene rings is 1. The maximum atomic E-state index is 11.6. The molecule has 0 saturated heterocycles. The van der Waals surface area contributed by atoms with E-state index in [0.717, 1.165) is 12.1 Å². The van der Waals surface area contributed by atoms with Crippen LogP contribution in [0.15, 0.2) is 18.2 Å². The number of aromatic hydroxyl groups is 1. The first-order valence-electron chi connectivity index (χ1n) is 5.69. The zero-order chi connectivity index (χ0) is 16.2. The van der Waals surface area contributed by atoms with Crippen molar-refractivity contribution in [2.45, 2.75) is 20.0 Å². The first-order chi connectivity index (χ1) is 9.62. The lowest BCUT2D eigenvalue weighted by molar-refractivity contribution is 0.0693. The molecule has 10 heteroatoms. The fourth-order valence-corrected chi connectivity index (χ4v) is 2.09. The summed E-state index contributed by atoms with van der Waals surface area (Å²) in [6.45, 7) is 3.06. The highest BCUT2D eigenvalue weighted by Crippen LogP contribution is 2.27. The Bertz CT molecular complexity index is 655. The number of rotatable bonds is 5. The first kappa shape index (κ1) is 16.6. The summed E-state index contributed by atoms with van der Waals surface area (Å²) >= 11 is 0. The maximum Gasteiger partial charge on any atom is 0.422 e. The van der Waals surface area contributed by atoms with Crippen molar-refractivity contribution in [1.29, 1.82) is 0 Å². The van der Waals surface area contributed by atoms with Crippen molar-refractivity contribution in [2.24, 2.45) is 0 Å². The number of ether oxygens (including phenoxy) is 1. The second-order valence-electron chi connectivity index (χ2n) is 4.17. The van der Waals surface area contributed by atoms with E-state index in [-0.39, 0.29) is 5.69 Å². The number of aromatic carboxylic acids is 1. The van der Waals surface area contributed by atoms with E-state index >= 15 is 0 Å². The molecular formula is C11H14N2O7S.